The van der Waals surface area contributed by atoms with Crippen molar-refractivity contribution in [3.8, 4) is 5.88 Å². The molecule has 9 heteroatoms. The van der Waals surface area contributed by atoms with Crippen molar-refractivity contribution in [3.63, 3.8) is 0 Å². The van der Waals surface area contributed by atoms with E-state index in [2.05, 4.69) is 36.8 Å². The van der Waals surface area contributed by atoms with Gasteiger partial charge in [-0.05, 0) is 52.7 Å². The van der Waals surface area contributed by atoms with E-state index in [-0.39, 0.29) is 15.2 Å². The molecule has 0 radical (unpaired) electrons. The minimum Gasteiger partial charge on any atom is -0.357 e. The normalized spacial score (nSPS) is 11.4. The Morgan fingerprint density at radius 1 is 1.04 bits per heavy atom. The van der Waals surface area contributed by atoms with Gasteiger partial charge in [0.25, 0.3) is 11.4 Å². The summed E-state index contributed by atoms with van der Waals surface area (Å²) in [5.74, 6) is 0.0535. The topological polar surface area (TPSA) is 78.3 Å². The number of hydrogen-bond acceptors (Lipinski definition) is 5. The zero-order chi connectivity index (χ0) is 19.6. The summed E-state index contributed by atoms with van der Waals surface area (Å²) in [4.78, 5) is 16.8. The highest BCUT2D eigenvalue weighted by Gasteiger charge is 2.22. The average Bonchev–Trinajstić information content (AvgIpc) is 2.64. The van der Waals surface area contributed by atoms with Crippen molar-refractivity contribution in [2.24, 2.45) is 0 Å². The molecule has 2 aromatic carbocycles. The van der Waals surface area contributed by atoms with Crippen LogP contribution < -0.4 is 9.74 Å². The van der Waals surface area contributed by atoms with E-state index >= 15 is 0 Å². The van der Waals surface area contributed by atoms with Gasteiger partial charge in [-0.25, -0.2) is 0 Å². The van der Waals surface area contributed by atoms with Crippen LogP contribution in [0, 0.1) is 6.92 Å². The molecule has 27 heavy (non-hydrogen) atoms. The predicted molar refractivity (Wildman–Crippen MR) is 108 cm³/mol. The number of nitrogens with zero attached hydrogens (tertiary/aromatic N) is 2. The van der Waals surface area contributed by atoms with Gasteiger partial charge in [-0.2, -0.15) is 13.4 Å². The molecule has 1 aromatic heterocycles. The minimum absolute atomic E-state index is 0.0366. The molecule has 0 saturated heterocycles. The molecule has 0 amide bonds. The highest BCUT2D eigenvalue weighted by atomic mass is 79.9. The fraction of sp³-hybridized carbons (Fsp3) is 0.111. The van der Waals surface area contributed by atoms with E-state index in [1.807, 2.05) is 30.3 Å². The Hall–Kier alpha value is -1.97. The first-order valence-corrected chi connectivity index (χ1v) is 10.8. The molecule has 0 atom stereocenters. The van der Waals surface area contributed by atoms with Crippen LogP contribution >= 0.6 is 31.9 Å². The Morgan fingerprint density at radius 2 is 1.67 bits per heavy atom. The molecular formula is C18H14Br2N2O4S. The quantitative estimate of drug-likeness (QED) is 0.483. The molecule has 140 valence electrons. The molecule has 6 nitrogen and oxygen atoms in total. The molecule has 0 aliphatic rings. The van der Waals surface area contributed by atoms with Gasteiger partial charge in [0.1, 0.15) is 15.2 Å². The van der Waals surface area contributed by atoms with Gasteiger partial charge in [0, 0.05) is 4.47 Å². The smallest absolute Gasteiger partial charge is 0.340 e. The summed E-state index contributed by atoms with van der Waals surface area (Å²) in [7, 11) is -4.12. The van der Waals surface area contributed by atoms with Crippen LogP contribution in [0.5, 0.6) is 5.88 Å². The van der Waals surface area contributed by atoms with Crippen LogP contribution in [0.25, 0.3) is 0 Å². The van der Waals surface area contributed by atoms with Crippen LogP contribution in [0.15, 0.2) is 73.2 Å². The SMILES string of the molecule is Cc1nc(OS(=O)(=O)c2ccc(Br)cc2)c(Br)c(=O)n1Cc1ccccc1. The summed E-state index contributed by atoms with van der Waals surface area (Å²) < 4.78 is 32.2. The standard InChI is InChI=1S/C18H14Br2N2O4S/c1-12-21-17(26-27(24,25)15-9-7-14(19)8-10-15)16(20)18(23)22(12)11-13-5-3-2-4-6-13/h2-10H,11H2,1H3. The largest absolute Gasteiger partial charge is 0.357 e. The van der Waals surface area contributed by atoms with Crippen molar-refractivity contribution < 1.29 is 12.6 Å². The molecule has 3 rings (SSSR count). The van der Waals surface area contributed by atoms with Gasteiger partial charge in [0.2, 0.25) is 0 Å². The van der Waals surface area contributed by atoms with Gasteiger partial charge in [0.05, 0.1) is 6.54 Å². The maximum Gasteiger partial charge on any atom is 0.340 e. The van der Waals surface area contributed by atoms with Crippen LogP contribution in [0.4, 0.5) is 0 Å². The summed E-state index contributed by atoms with van der Waals surface area (Å²) in [6.07, 6.45) is 0. The first kappa shape index (κ1) is 19.8. The number of rotatable bonds is 5. The molecule has 0 saturated carbocycles. The molecule has 0 aliphatic carbocycles. The van der Waals surface area contributed by atoms with Crippen LogP contribution in [-0.4, -0.2) is 18.0 Å². The second kappa shape index (κ2) is 7.95. The van der Waals surface area contributed by atoms with Crippen molar-refractivity contribution >= 4 is 42.0 Å². The first-order chi connectivity index (χ1) is 12.8. The molecule has 0 bridgehead atoms. The molecule has 0 fully saturated rings. The maximum atomic E-state index is 12.7. The summed E-state index contributed by atoms with van der Waals surface area (Å²) >= 11 is 6.37. The predicted octanol–water partition coefficient (Wildman–Crippen LogP) is 3.89. The van der Waals surface area contributed by atoms with Crippen LogP contribution in [0.2, 0.25) is 0 Å². The third-order valence-electron chi connectivity index (χ3n) is 3.75. The van der Waals surface area contributed by atoms with Gasteiger partial charge >= 0.3 is 10.1 Å². The van der Waals surface area contributed by atoms with Crippen LogP contribution in [0.1, 0.15) is 11.4 Å². The average molecular weight is 514 g/mol. The summed E-state index contributed by atoms with van der Waals surface area (Å²) in [6.45, 7) is 1.94. The van der Waals surface area contributed by atoms with Crippen molar-refractivity contribution in [1.29, 1.82) is 0 Å². The van der Waals surface area contributed by atoms with E-state index in [9.17, 15) is 13.2 Å². The lowest BCUT2D eigenvalue weighted by atomic mass is 10.2. The maximum absolute atomic E-state index is 12.7. The Morgan fingerprint density at radius 3 is 2.30 bits per heavy atom. The monoisotopic (exact) mass is 512 g/mol. The first-order valence-electron chi connectivity index (χ1n) is 7.79. The van der Waals surface area contributed by atoms with Gasteiger partial charge in [-0.1, -0.05) is 46.3 Å². The van der Waals surface area contributed by atoms with Gasteiger partial charge in [0.15, 0.2) is 0 Å². The fourth-order valence-electron chi connectivity index (χ4n) is 2.37. The van der Waals surface area contributed by atoms with E-state index in [0.29, 0.717) is 12.4 Å². The lowest BCUT2D eigenvalue weighted by molar-refractivity contribution is 0.468. The Labute approximate surface area is 173 Å². The summed E-state index contributed by atoms with van der Waals surface area (Å²) in [6, 6.07) is 15.4. The lowest BCUT2D eigenvalue weighted by Gasteiger charge is -2.13. The van der Waals surface area contributed by atoms with Crippen molar-refractivity contribution in [3.05, 3.63) is 85.3 Å². The van der Waals surface area contributed by atoms with Crippen molar-refractivity contribution in [2.75, 3.05) is 0 Å². The highest BCUT2D eigenvalue weighted by molar-refractivity contribution is 9.10. The Balaban J connectivity index is 1.96. The van der Waals surface area contributed by atoms with Crippen LogP contribution in [-0.2, 0) is 16.7 Å². The third-order valence-corrected chi connectivity index (χ3v) is 6.18. The second-order valence-corrected chi connectivity index (χ2v) is 8.90. The van der Waals surface area contributed by atoms with E-state index in [1.54, 1.807) is 19.1 Å². The molecule has 3 aromatic rings. The summed E-state index contributed by atoms with van der Waals surface area (Å²) in [5, 5.41) is 0. The zero-order valence-electron chi connectivity index (χ0n) is 14.1. The van der Waals surface area contributed by atoms with Gasteiger partial charge in [-0.15, -0.1) is 0 Å². The van der Waals surface area contributed by atoms with Gasteiger partial charge < -0.3 is 4.18 Å². The number of hydrogen-bond donors (Lipinski definition) is 0. The molecule has 0 N–H and O–H groups in total. The summed E-state index contributed by atoms with van der Waals surface area (Å²) in [5.41, 5.74) is 0.500. The van der Waals surface area contributed by atoms with Crippen LogP contribution in [0.3, 0.4) is 0 Å². The number of aryl methyl sites for hydroxylation is 1. The lowest BCUT2D eigenvalue weighted by Crippen LogP contribution is -2.26. The second-order valence-electron chi connectivity index (χ2n) is 5.65. The van der Waals surface area contributed by atoms with Crippen molar-refractivity contribution in [2.45, 2.75) is 18.4 Å². The Kier molecular flexibility index (Phi) is 5.83. The zero-order valence-corrected chi connectivity index (χ0v) is 18.1. The van der Waals surface area contributed by atoms with Gasteiger partial charge in [-0.3, -0.25) is 9.36 Å². The molecule has 0 unspecified atom stereocenters. The molecule has 1 heterocycles. The van der Waals surface area contributed by atoms with E-state index in [4.69, 9.17) is 4.18 Å². The van der Waals surface area contributed by atoms with E-state index < -0.39 is 15.7 Å². The molecule has 0 spiro atoms. The number of benzene rings is 2. The number of halogens is 2. The molecular weight excluding hydrogens is 500 g/mol. The molecule has 0 aliphatic heterocycles. The minimum atomic E-state index is -4.12. The van der Waals surface area contributed by atoms with Crippen molar-refractivity contribution in [1.82, 2.24) is 9.55 Å². The highest BCUT2D eigenvalue weighted by Crippen LogP contribution is 2.24. The van der Waals surface area contributed by atoms with E-state index in [1.165, 1.54) is 16.7 Å². The third kappa shape index (κ3) is 4.48. The van der Waals surface area contributed by atoms with E-state index in [0.717, 1.165) is 10.0 Å². The fourth-order valence-corrected chi connectivity index (χ4v) is 4.02. The Bertz CT molecular complexity index is 1130. The number of aromatic nitrogens is 2.